The second-order valence-corrected chi connectivity index (χ2v) is 19.4. The Kier molecular flexibility index (Phi) is 16.1. The lowest BCUT2D eigenvalue weighted by Crippen LogP contribution is -2.54. The fourth-order valence-electron chi connectivity index (χ4n) is 4.71. The molecule has 2 unspecified atom stereocenters. The van der Waals surface area contributed by atoms with Crippen molar-refractivity contribution in [3.63, 3.8) is 0 Å². The number of anilines is 1. The molecule has 0 bridgehead atoms. The number of nitrogens with one attached hydrogen (secondary N) is 2. The van der Waals surface area contributed by atoms with E-state index in [1.54, 1.807) is 20.3 Å². The van der Waals surface area contributed by atoms with Gasteiger partial charge in [-0.05, 0) is 61.3 Å². The summed E-state index contributed by atoms with van der Waals surface area (Å²) in [4.78, 5) is 29.1. The van der Waals surface area contributed by atoms with E-state index in [0.717, 1.165) is 5.56 Å². The number of carbonyl (C=O) groups excluding carboxylic acids is 2. The maximum absolute atomic E-state index is 14.1. The van der Waals surface area contributed by atoms with Crippen molar-refractivity contribution in [3.8, 4) is 11.5 Å². The van der Waals surface area contributed by atoms with Gasteiger partial charge in [0.15, 0.2) is 6.79 Å². The summed E-state index contributed by atoms with van der Waals surface area (Å²) in [5.41, 5.74) is 0.842. The number of nitrogens with zero attached hydrogens (tertiary/aromatic N) is 1. The zero-order chi connectivity index (χ0) is 34.8. The van der Waals surface area contributed by atoms with Crippen molar-refractivity contribution in [1.29, 1.82) is 0 Å². The van der Waals surface area contributed by atoms with Gasteiger partial charge in [-0.15, -0.1) is 0 Å². The number of amides is 3. The van der Waals surface area contributed by atoms with Gasteiger partial charge in [-0.25, -0.2) is 4.79 Å². The Labute approximate surface area is 276 Å². The topological polar surface area (TPSA) is 108 Å². The summed E-state index contributed by atoms with van der Waals surface area (Å²) in [5.74, 6) is 0.965. The summed E-state index contributed by atoms with van der Waals surface area (Å²) in [5, 5.41) is 5.75. The number of benzene rings is 1. The second-order valence-electron chi connectivity index (χ2n) is 15.3. The Morgan fingerprint density at radius 1 is 0.844 bits per heavy atom. The molecule has 3 amide bonds. The second kappa shape index (κ2) is 17.7. The van der Waals surface area contributed by atoms with Crippen LogP contribution in [0.25, 0.3) is 0 Å². The van der Waals surface area contributed by atoms with Crippen LogP contribution in [0, 0.1) is 10.8 Å². The van der Waals surface area contributed by atoms with Crippen LogP contribution in [0.1, 0.15) is 87.1 Å². The van der Waals surface area contributed by atoms with Crippen LogP contribution in [0.3, 0.4) is 0 Å². The quantitative estimate of drug-likeness (QED) is 0.140. The molecular weight excluding hydrogens is 607 g/mol. The van der Waals surface area contributed by atoms with E-state index in [9.17, 15) is 9.59 Å². The molecule has 45 heavy (non-hydrogen) atoms. The van der Waals surface area contributed by atoms with Gasteiger partial charge < -0.3 is 33.7 Å². The molecule has 2 atom stereocenters. The molecule has 2 radical (unpaired) electrons. The van der Waals surface area contributed by atoms with Gasteiger partial charge >= 0.3 is 6.03 Å². The molecule has 0 aliphatic carbocycles. The minimum Gasteiger partial charge on any atom is -0.497 e. The number of hydrogen-bond donors (Lipinski definition) is 2. The number of rotatable bonds is 16. The summed E-state index contributed by atoms with van der Waals surface area (Å²) >= 11 is 0. The first-order valence-electron chi connectivity index (χ1n) is 15.7. The molecule has 0 fully saturated rings. The maximum atomic E-state index is 14.1. The lowest BCUT2D eigenvalue weighted by atomic mass is 9.85. The summed E-state index contributed by atoms with van der Waals surface area (Å²) in [7, 11) is 0.846. The Morgan fingerprint density at radius 3 is 1.76 bits per heavy atom. The maximum Gasteiger partial charge on any atom is 0.319 e. The SMILES string of the molecule is COCOc1c(NC(=O)NCCC(=O)N(C(CC(C)(C)C)O[Si](C)C)C(CC(C)(C)C)O[Si](C)C)cc(OC)cc1C(C)(C)C. The van der Waals surface area contributed by atoms with Gasteiger partial charge in [0.05, 0.1) is 12.8 Å². The smallest absolute Gasteiger partial charge is 0.319 e. The van der Waals surface area contributed by atoms with Crippen molar-refractivity contribution < 1.29 is 32.7 Å². The molecule has 0 aliphatic rings. The van der Waals surface area contributed by atoms with Crippen molar-refractivity contribution >= 4 is 35.7 Å². The molecule has 10 nitrogen and oxygen atoms in total. The molecule has 1 aromatic carbocycles. The first-order valence-corrected chi connectivity index (χ1v) is 20.5. The molecule has 258 valence electrons. The van der Waals surface area contributed by atoms with Gasteiger partial charge in [-0.2, -0.15) is 0 Å². The Balaban J connectivity index is 3.30. The lowest BCUT2D eigenvalue weighted by Gasteiger charge is -2.43. The van der Waals surface area contributed by atoms with Gasteiger partial charge in [0, 0.05) is 31.7 Å². The van der Waals surface area contributed by atoms with Crippen LogP contribution in [0.2, 0.25) is 26.2 Å². The van der Waals surface area contributed by atoms with E-state index >= 15 is 0 Å². The third-order valence-corrected chi connectivity index (χ3v) is 8.01. The first kappa shape index (κ1) is 40.9. The van der Waals surface area contributed by atoms with Crippen LogP contribution < -0.4 is 20.1 Å². The molecule has 12 heteroatoms. The van der Waals surface area contributed by atoms with E-state index < -0.39 is 36.6 Å². The van der Waals surface area contributed by atoms with E-state index in [1.165, 1.54) is 0 Å². The minimum atomic E-state index is -1.14. The fraction of sp³-hybridized carbons (Fsp3) is 0.758. The Morgan fingerprint density at radius 2 is 1.36 bits per heavy atom. The summed E-state index contributed by atoms with van der Waals surface area (Å²) < 4.78 is 29.6. The highest BCUT2D eigenvalue weighted by atomic mass is 28.3. The number of methoxy groups -OCH3 is 2. The Hall–Kier alpha value is -2.13. The summed E-state index contributed by atoms with van der Waals surface area (Å²) in [6.45, 7) is 27.5. The van der Waals surface area contributed by atoms with Crippen molar-refractivity contribution in [2.45, 2.75) is 126 Å². The number of hydrogen-bond acceptors (Lipinski definition) is 7. The number of carbonyl (C=O) groups is 2. The predicted molar refractivity (Wildman–Crippen MR) is 186 cm³/mol. The highest BCUT2D eigenvalue weighted by molar-refractivity contribution is 6.48. The van der Waals surface area contributed by atoms with Crippen molar-refractivity contribution in [1.82, 2.24) is 10.2 Å². The molecule has 1 aromatic rings. The van der Waals surface area contributed by atoms with Crippen molar-refractivity contribution in [2.75, 3.05) is 32.9 Å². The molecule has 0 aromatic heterocycles. The monoisotopic (exact) mass is 667 g/mol. The average molecular weight is 668 g/mol. The van der Waals surface area contributed by atoms with E-state index in [2.05, 4.69) is 99.1 Å². The molecule has 0 heterocycles. The van der Waals surface area contributed by atoms with Gasteiger partial charge in [-0.1, -0.05) is 62.3 Å². The van der Waals surface area contributed by atoms with Gasteiger partial charge in [0.1, 0.15) is 24.0 Å². The molecule has 0 saturated heterocycles. The van der Waals surface area contributed by atoms with Crippen LogP contribution >= 0.6 is 0 Å². The zero-order valence-electron chi connectivity index (χ0n) is 30.6. The highest BCUT2D eigenvalue weighted by Crippen LogP contribution is 2.40. The van der Waals surface area contributed by atoms with E-state index in [1.807, 2.05) is 11.0 Å². The van der Waals surface area contributed by atoms with E-state index in [4.69, 9.17) is 23.1 Å². The van der Waals surface area contributed by atoms with Crippen molar-refractivity contribution in [2.24, 2.45) is 10.8 Å². The minimum absolute atomic E-state index is 0.0165. The van der Waals surface area contributed by atoms with E-state index in [0.29, 0.717) is 30.0 Å². The summed E-state index contributed by atoms with van der Waals surface area (Å²) in [6.07, 6.45) is 0.551. The highest BCUT2D eigenvalue weighted by Gasteiger charge is 2.37. The van der Waals surface area contributed by atoms with Crippen LogP contribution in [0.5, 0.6) is 11.5 Å². The first-order chi connectivity index (χ1) is 20.6. The molecule has 0 saturated carbocycles. The van der Waals surface area contributed by atoms with Gasteiger partial charge in [0.25, 0.3) is 0 Å². The van der Waals surface area contributed by atoms with Crippen LogP contribution in [0.4, 0.5) is 10.5 Å². The van der Waals surface area contributed by atoms with Gasteiger partial charge in [0.2, 0.25) is 24.0 Å². The fourth-order valence-corrected chi connectivity index (χ4v) is 6.20. The standard InChI is InChI=1S/C33H61N3O7Si2/c1-31(2,3)20-27(42-44(12)13)36(28(43-45(14)15)21-32(4,5)6)26(37)16-17-34-30(38)35-25-19-23(40-11)18-24(33(7,8)9)29(25)41-22-39-10/h18-19,27-28H,16-17,20-22H2,1-15H3,(H2,34,35,38). The van der Waals surface area contributed by atoms with Crippen LogP contribution in [-0.4, -0.2) is 74.9 Å². The molecular formula is C33H61N3O7Si2. The van der Waals surface area contributed by atoms with Crippen LogP contribution in [-0.2, 0) is 23.8 Å². The molecule has 1 rings (SSSR count). The van der Waals surface area contributed by atoms with E-state index in [-0.39, 0.29) is 41.9 Å². The van der Waals surface area contributed by atoms with Gasteiger partial charge in [-0.3, -0.25) is 9.69 Å². The predicted octanol–water partition coefficient (Wildman–Crippen LogP) is 7.38. The summed E-state index contributed by atoms with van der Waals surface area (Å²) in [6, 6.07) is 3.14. The van der Waals surface area contributed by atoms with Crippen LogP contribution in [0.15, 0.2) is 12.1 Å². The molecule has 2 N–H and O–H groups in total. The third-order valence-electron chi connectivity index (χ3n) is 6.53. The number of urea groups is 1. The zero-order valence-corrected chi connectivity index (χ0v) is 32.6. The average Bonchev–Trinajstić information content (AvgIpc) is 2.84. The largest absolute Gasteiger partial charge is 0.497 e. The third kappa shape index (κ3) is 15.3. The molecule has 0 spiro atoms. The normalized spacial score (nSPS) is 13.9. The Bertz CT molecular complexity index is 1050. The van der Waals surface area contributed by atoms with Crippen molar-refractivity contribution in [3.05, 3.63) is 17.7 Å². The number of ether oxygens (including phenoxy) is 3. The molecule has 0 aliphatic heterocycles. The lowest BCUT2D eigenvalue weighted by molar-refractivity contribution is -0.160.